The zero-order valence-electron chi connectivity index (χ0n) is 10.5. The van der Waals surface area contributed by atoms with Crippen LogP contribution in [0.1, 0.15) is 45.4 Å². The summed E-state index contributed by atoms with van der Waals surface area (Å²) in [5, 5.41) is 22.6. The number of nitrogens with one attached hydrogen (secondary N) is 1. The number of hydrogen-bond acceptors (Lipinski definition) is 3. The lowest BCUT2D eigenvalue weighted by Crippen LogP contribution is -2.45. The molecule has 0 unspecified atom stereocenters. The van der Waals surface area contributed by atoms with Crippen molar-refractivity contribution >= 4 is 5.97 Å². The molecule has 2 saturated carbocycles. The van der Waals surface area contributed by atoms with Gasteiger partial charge in [-0.2, -0.15) is 0 Å². The van der Waals surface area contributed by atoms with Crippen LogP contribution in [-0.2, 0) is 4.79 Å². The summed E-state index contributed by atoms with van der Waals surface area (Å²) < 4.78 is 0. The van der Waals surface area contributed by atoms with E-state index >= 15 is 0 Å². The first-order chi connectivity index (χ1) is 7.93. The van der Waals surface area contributed by atoms with Gasteiger partial charge in [-0.15, -0.1) is 0 Å². The highest BCUT2D eigenvalue weighted by atomic mass is 16.4. The van der Waals surface area contributed by atoms with Crippen molar-refractivity contribution in [3.63, 3.8) is 0 Å². The molecule has 3 N–H and O–H groups in total. The second-order valence-electron chi connectivity index (χ2n) is 6.25. The predicted octanol–water partition coefficient (Wildman–Crippen LogP) is 1.38. The molecule has 17 heavy (non-hydrogen) atoms. The van der Waals surface area contributed by atoms with E-state index < -0.39 is 11.6 Å². The maximum absolute atomic E-state index is 10.8. The summed E-state index contributed by atoms with van der Waals surface area (Å²) in [5.41, 5.74) is -0.230. The van der Waals surface area contributed by atoms with Gasteiger partial charge >= 0.3 is 5.97 Å². The molecule has 0 aromatic heterocycles. The zero-order valence-corrected chi connectivity index (χ0v) is 10.5. The molecule has 0 aromatic rings. The maximum atomic E-state index is 10.8. The van der Waals surface area contributed by atoms with E-state index in [1.807, 2.05) is 0 Å². The third-order valence-corrected chi connectivity index (χ3v) is 4.37. The van der Waals surface area contributed by atoms with Crippen molar-refractivity contribution in [2.24, 2.45) is 11.3 Å². The fraction of sp³-hybridized carbons (Fsp3) is 0.923. The molecule has 0 bridgehead atoms. The lowest BCUT2D eigenvalue weighted by Gasteiger charge is -2.35. The average Bonchev–Trinajstić information content (AvgIpc) is 2.97. The summed E-state index contributed by atoms with van der Waals surface area (Å²) in [4.78, 5) is 10.8. The molecule has 2 fully saturated rings. The largest absolute Gasteiger partial charge is 0.481 e. The van der Waals surface area contributed by atoms with Crippen molar-refractivity contribution in [3.05, 3.63) is 0 Å². The number of carboxylic acid groups (broad SMARTS) is 1. The molecular formula is C13H23NO3. The van der Waals surface area contributed by atoms with Crippen LogP contribution >= 0.6 is 0 Å². The number of hydrogen-bond donors (Lipinski definition) is 3. The first-order valence-electron chi connectivity index (χ1n) is 6.58. The van der Waals surface area contributed by atoms with Crippen LogP contribution in [0.25, 0.3) is 0 Å². The van der Waals surface area contributed by atoms with Gasteiger partial charge in [-0.1, -0.05) is 6.92 Å². The van der Waals surface area contributed by atoms with Crippen LogP contribution in [0.3, 0.4) is 0 Å². The monoisotopic (exact) mass is 241 g/mol. The van der Waals surface area contributed by atoms with Gasteiger partial charge in [-0.3, -0.25) is 4.79 Å². The van der Waals surface area contributed by atoms with E-state index in [1.165, 1.54) is 12.8 Å². The Kier molecular flexibility index (Phi) is 3.46. The molecule has 0 aliphatic heterocycles. The van der Waals surface area contributed by atoms with Crippen LogP contribution in [0.5, 0.6) is 0 Å². The smallest absolute Gasteiger partial charge is 0.306 e. The minimum atomic E-state index is -0.717. The predicted molar refractivity (Wildman–Crippen MR) is 64.8 cm³/mol. The van der Waals surface area contributed by atoms with Crippen molar-refractivity contribution in [2.75, 3.05) is 13.1 Å². The summed E-state index contributed by atoms with van der Waals surface area (Å²) >= 11 is 0. The van der Waals surface area contributed by atoms with Gasteiger partial charge in [-0.25, -0.2) is 0 Å². The molecule has 98 valence electrons. The lowest BCUT2D eigenvalue weighted by atomic mass is 9.79. The topological polar surface area (TPSA) is 69.6 Å². The number of carbonyl (C=O) groups is 1. The van der Waals surface area contributed by atoms with E-state index in [9.17, 15) is 9.90 Å². The standard InChI is InChI=1S/C13H23NO3/c1-12(6-7-12)8-14-9-13(17)4-2-10(3-5-13)11(15)16/h10,14,17H,2-9H2,1H3,(H,15,16). The zero-order chi connectivity index (χ0) is 12.5. The molecule has 2 aliphatic rings. The molecule has 0 radical (unpaired) electrons. The number of rotatable bonds is 5. The lowest BCUT2D eigenvalue weighted by molar-refractivity contribution is -0.144. The Balaban J connectivity index is 1.71. The van der Waals surface area contributed by atoms with E-state index in [4.69, 9.17) is 5.11 Å². The Morgan fingerprint density at radius 2 is 1.82 bits per heavy atom. The summed E-state index contributed by atoms with van der Waals surface area (Å²) in [5.74, 6) is -0.971. The molecule has 0 amide bonds. The van der Waals surface area contributed by atoms with Crippen LogP contribution in [0.2, 0.25) is 0 Å². The van der Waals surface area contributed by atoms with Crippen LogP contribution in [0.4, 0.5) is 0 Å². The number of carboxylic acids is 1. The molecule has 0 heterocycles. The third-order valence-electron chi connectivity index (χ3n) is 4.37. The van der Waals surface area contributed by atoms with Crippen LogP contribution in [-0.4, -0.2) is 34.9 Å². The van der Waals surface area contributed by atoms with Crippen LogP contribution in [0.15, 0.2) is 0 Å². The molecule has 0 spiro atoms. The van der Waals surface area contributed by atoms with E-state index in [2.05, 4.69) is 12.2 Å². The Bertz CT molecular complexity index is 291. The summed E-state index contributed by atoms with van der Waals surface area (Å²) in [6.45, 7) is 3.83. The second-order valence-corrected chi connectivity index (χ2v) is 6.25. The van der Waals surface area contributed by atoms with Crippen molar-refractivity contribution in [3.8, 4) is 0 Å². The third kappa shape index (κ3) is 3.42. The molecule has 0 saturated heterocycles. The van der Waals surface area contributed by atoms with Gasteiger partial charge < -0.3 is 15.5 Å². The Hall–Kier alpha value is -0.610. The van der Waals surface area contributed by atoms with Gasteiger partial charge in [0, 0.05) is 13.1 Å². The average molecular weight is 241 g/mol. The van der Waals surface area contributed by atoms with Crippen LogP contribution in [0, 0.1) is 11.3 Å². The van der Waals surface area contributed by atoms with Gasteiger partial charge in [0.2, 0.25) is 0 Å². The summed E-state index contributed by atoms with van der Waals surface area (Å²) in [7, 11) is 0. The number of aliphatic carboxylic acids is 1. The van der Waals surface area contributed by atoms with Gasteiger partial charge in [0.15, 0.2) is 0 Å². The van der Waals surface area contributed by atoms with Gasteiger partial charge in [0.1, 0.15) is 0 Å². The second kappa shape index (κ2) is 4.58. The summed E-state index contributed by atoms with van der Waals surface area (Å²) in [6, 6.07) is 0. The van der Waals surface area contributed by atoms with Crippen molar-refractivity contribution in [1.82, 2.24) is 5.32 Å². The molecule has 4 heteroatoms. The quantitative estimate of drug-likeness (QED) is 0.680. The highest BCUT2D eigenvalue weighted by molar-refractivity contribution is 5.70. The van der Waals surface area contributed by atoms with Crippen molar-refractivity contribution in [2.45, 2.75) is 51.0 Å². The Morgan fingerprint density at radius 3 is 2.29 bits per heavy atom. The fourth-order valence-corrected chi connectivity index (χ4v) is 2.57. The molecule has 2 aliphatic carbocycles. The summed E-state index contributed by atoms with van der Waals surface area (Å²) in [6.07, 6.45) is 4.97. The Labute approximate surface area is 102 Å². The number of aliphatic hydroxyl groups is 1. The Morgan fingerprint density at radius 1 is 1.24 bits per heavy atom. The highest BCUT2D eigenvalue weighted by Crippen LogP contribution is 2.44. The molecule has 0 aromatic carbocycles. The van der Waals surface area contributed by atoms with Gasteiger partial charge in [-0.05, 0) is 43.9 Å². The highest BCUT2D eigenvalue weighted by Gasteiger charge is 2.39. The van der Waals surface area contributed by atoms with E-state index in [0.29, 0.717) is 37.6 Å². The van der Waals surface area contributed by atoms with Gasteiger partial charge in [0.25, 0.3) is 0 Å². The van der Waals surface area contributed by atoms with E-state index in [-0.39, 0.29) is 5.92 Å². The first kappa shape index (κ1) is 12.8. The minimum absolute atomic E-state index is 0.253. The SMILES string of the molecule is CC1(CNCC2(O)CCC(C(=O)O)CC2)CC1. The molecule has 0 atom stereocenters. The molecule has 4 nitrogen and oxygen atoms in total. The maximum Gasteiger partial charge on any atom is 0.306 e. The molecule has 2 rings (SSSR count). The van der Waals surface area contributed by atoms with Crippen molar-refractivity contribution in [1.29, 1.82) is 0 Å². The van der Waals surface area contributed by atoms with Crippen LogP contribution < -0.4 is 5.32 Å². The normalized spacial score (nSPS) is 35.5. The van der Waals surface area contributed by atoms with Crippen molar-refractivity contribution < 1.29 is 15.0 Å². The molecular weight excluding hydrogens is 218 g/mol. The van der Waals surface area contributed by atoms with E-state index in [0.717, 1.165) is 6.54 Å². The first-order valence-corrected chi connectivity index (χ1v) is 6.58. The minimum Gasteiger partial charge on any atom is -0.481 e. The van der Waals surface area contributed by atoms with Gasteiger partial charge in [0.05, 0.1) is 11.5 Å². The fourth-order valence-electron chi connectivity index (χ4n) is 2.57. The van der Waals surface area contributed by atoms with E-state index in [1.54, 1.807) is 0 Å².